The van der Waals surface area contributed by atoms with E-state index in [1.807, 2.05) is 12.1 Å². The highest BCUT2D eigenvalue weighted by Gasteiger charge is 2.34. The van der Waals surface area contributed by atoms with Crippen molar-refractivity contribution < 1.29 is 4.74 Å². The van der Waals surface area contributed by atoms with Crippen LogP contribution >= 0.6 is 0 Å². The molecule has 1 fully saturated rings. The van der Waals surface area contributed by atoms with Gasteiger partial charge in [-0.05, 0) is 49.3 Å². The summed E-state index contributed by atoms with van der Waals surface area (Å²) in [7, 11) is 1.70. The quantitative estimate of drug-likeness (QED) is 0.884. The number of ether oxygens (including phenoxy) is 1. The average molecular weight is 247 g/mol. The summed E-state index contributed by atoms with van der Waals surface area (Å²) < 4.78 is 5.30. The smallest absolute Gasteiger partial charge is 0.119 e. The Kier molecular flexibility index (Phi) is 3.96. The molecule has 1 saturated carbocycles. The van der Waals surface area contributed by atoms with Crippen LogP contribution in [0.1, 0.15) is 45.1 Å². The van der Waals surface area contributed by atoms with Gasteiger partial charge in [0, 0.05) is 5.54 Å². The van der Waals surface area contributed by atoms with Gasteiger partial charge in [0.1, 0.15) is 5.75 Å². The monoisotopic (exact) mass is 247 g/mol. The Morgan fingerprint density at radius 1 is 1.33 bits per heavy atom. The molecule has 1 aromatic carbocycles. The lowest BCUT2D eigenvalue weighted by Crippen LogP contribution is -2.43. The zero-order chi connectivity index (χ0) is 13.2. The number of rotatable bonds is 3. The lowest BCUT2D eigenvalue weighted by atomic mass is 9.70. The fourth-order valence-electron chi connectivity index (χ4n) is 3.17. The summed E-state index contributed by atoms with van der Waals surface area (Å²) in [5, 5.41) is 0. The predicted octanol–water partition coefficient (Wildman–Crippen LogP) is 3.70. The predicted molar refractivity (Wildman–Crippen MR) is 75.7 cm³/mol. The molecule has 3 atom stereocenters. The van der Waals surface area contributed by atoms with Crippen LogP contribution in [0.2, 0.25) is 0 Å². The Labute approximate surface area is 111 Å². The third-order valence-corrected chi connectivity index (χ3v) is 4.48. The lowest BCUT2D eigenvalue weighted by molar-refractivity contribution is 0.184. The molecule has 0 radical (unpaired) electrons. The van der Waals surface area contributed by atoms with Crippen LogP contribution in [-0.4, -0.2) is 7.11 Å². The standard InChI is InChI=1S/C16H25NO/c1-12-6-4-7-13(10-12)16(2,17)14-8-5-9-15(11-14)18-3/h5,8-9,11-13H,4,6-7,10,17H2,1-3H3. The van der Waals surface area contributed by atoms with Crippen molar-refractivity contribution in [2.45, 2.75) is 45.1 Å². The van der Waals surface area contributed by atoms with Gasteiger partial charge in [-0.15, -0.1) is 0 Å². The molecule has 3 unspecified atom stereocenters. The molecule has 2 rings (SSSR count). The molecule has 1 aromatic rings. The van der Waals surface area contributed by atoms with Gasteiger partial charge < -0.3 is 10.5 Å². The summed E-state index contributed by atoms with van der Waals surface area (Å²) in [4.78, 5) is 0. The van der Waals surface area contributed by atoms with Crippen LogP contribution in [0.15, 0.2) is 24.3 Å². The molecule has 0 heterocycles. The van der Waals surface area contributed by atoms with Crippen molar-refractivity contribution in [3.8, 4) is 5.75 Å². The third kappa shape index (κ3) is 2.69. The molecule has 1 aliphatic rings. The maximum absolute atomic E-state index is 6.64. The average Bonchev–Trinajstić information content (AvgIpc) is 2.39. The number of nitrogens with two attached hydrogens (primary N) is 1. The highest BCUT2D eigenvalue weighted by molar-refractivity contribution is 5.33. The number of benzene rings is 1. The first kappa shape index (κ1) is 13.4. The fraction of sp³-hybridized carbons (Fsp3) is 0.625. The number of hydrogen-bond acceptors (Lipinski definition) is 2. The topological polar surface area (TPSA) is 35.2 Å². The highest BCUT2D eigenvalue weighted by Crippen LogP contribution is 2.40. The van der Waals surface area contributed by atoms with E-state index in [1.165, 1.54) is 31.2 Å². The number of methoxy groups -OCH3 is 1. The van der Waals surface area contributed by atoms with Gasteiger partial charge in [0.15, 0.2) is 0 Å². The summed E-state index contributed by atoms with van der Waals surface area (Å²) in [6.07, 6.45) is 5.14. The summed E-state index contributed by atoms with van der Waals surface area (Å²) in [5.41, 5.74) is 7.59. The molecule has 1 aliphatic carbocycles. The lowest BCUT2D eigenvalue weighted by Gasteiger charge is -2.39. The van der Waals surface area contributed by atoms with Crippen molar-refractivity contribution in [1.29, 1.82) is 0 Å². The van der Waals surface area contributed by atoms with Crippen molar-refractivity contribution in [2.75, 3.05) is 7.11 Å². The molecule has 0 bridgehead atoms. The first-order valence-electron chi connectivity index (χ1n) is 6.97. The minimum absolute atomic E-state index is 0.247. The molecule has 2 N–H and O–H groups in total. The van der Waals surface area contributed by atoms with Crippen LogP contribution in [-0.2, 0) is 5.54 Å². The van der Waals surface area contributed by atoms with Gasteiger partial charge >= 0.3 is 0 Å². The van der Waals surface area contributed by atoms with Crippen LogP contribution in [0.3, 0.4) is 0 Å². The van der Waals surface area contributed by atoms with Crippen molar-refractivity contribution in [3.63, 3.8) is 0 Å². The van der Waals surface area contributed by atoms with E-state index < -0.39 is 0 Å². The van der Waals surface area contributed by atoms with Gasteiger partial charge in [-0.3, -0.25) is 0 Å². The third-order valence-electron chi connectivity index (χ3n) is 4.48. The minimum Gasteiger partial charge on any atom is -0.497 e. The van der Waals surface area contributed by atoms with Gasteiger partial charge in [-0.2, -0.15) is 0 Å². The van der Waals surface area contributed by atoms with Gasteiger partial charge in [0.2, 0.25) is 0 Å². The molecule has 2 nitrogen and oxygen atoms in total. The fourth-order valence-corrected chi connectivity index (χ4v) is 3.17. The Morgan fingerprint density at radius 2 is 2.11 bits per heavy atom. The van der Waals surface area contributed by atoms with Crippen molar-refractivity contribution in [1.82, 2.24) is 0 Å². The van der Waals surface area contributed by atoms with Gasteiger partial charge in [0.25, 0.3) is 0 Å². The van der Waals surface area contributed by atoms with Gasteiger partial charge in [0.05, 0.1) is 7.11 Å². The molecular formula is C16H25NO. The summed E-state index contributed by atoms with van der Waals surface area (Å²) in [5.74, 6) is 2.28. The van der Waals surface area contributed by atoms with Crippen LogP contribution in [0.5, 0.6) is 5.75 Å². The second kappa shape index (κ2) is 5.31. The van der Waals surface area contributed by atoms with Crippen molar-refractivity contribution >= 4 is 0 Å². The number of hydrogen-bond donors (Lipinski definition) is 1. The molecule has 0 spiro atoms. The van der Waals surface area contributed by atoms with Gasteiger partial charge in [-0.1, -0.05) is 31.9 Å². The van der Waals surface area contributed by atoms with E-state index in [0.29, 0.717) is 5.92 Å². The minimum atomic E-state index is -0.247. The maximum atomic E-state index is 6.64. The van der Waals surface area contributed by atoms with Crippen molar-refractivity contribution in [3.05, 3.63) is 29.8 Å². The maximum Gasteiger partial charge on any atom is 0.119 e. The largest absolute Gasteiger partial charge is 0.497 e. The first-order valence-corrected chi connectivity index (χ1v) is 6.97. The van der Waals surface area contributed by atoms with Crippen LogP contribution < -0.4 is 10.5 Å². The Morgan fingerprint density at radius 3 is 2.78 bits per heavy atom. The molecule has 0 aromatic heterocycles. The second-order valence-corrected chi connectivity index (χ2v) is 5.98. The van der Waals surface area contributed by atoms with Gasteiger partial charge in [-0.25, -0.2) is 0 Å². The molecule has 0 amide bonds. The van der Waals surface area contributed by atoms with Crippen LogP contribution in [0, 0.1) is 11.8 Å². The van der Waals surface area contributed by atoms with E-state index in [9.17, 15) is 0 Å². The summed E-state index contributed by atoms with van der Waals surface area (Å²) in [6, 6.07) is 8.22. The first-order chi connectivity index (χ1) is 8.54. The zero-order valence-corrected chi connectivity index (χ0v) is 11.8. The molecule has 0 aliphatic heterocycles. The highest BCUT2D eigenvalue weighted by atomic mass is 16.5. The van der Waals surface area contributed by atoms with Crippen LogP contribution in [0.4, 0.5) is 0 Å². The van der Waals surface area contributed by atoms with E-state index in [4.69, 9.17) is 10.5 Å². The SMILES string of the molecule is COc1cccc(C(C)(N)C2CCCC(C)C2)c1. The molecule has 18 heavy (non-hydrogen) atoms. The molecule has 100 valence electrons. The van der Waals surface area contributed by atoms with E-state index in [2.05, 4.69) is 26.0 Å². The van der Waals surface area contributed by atoms with E-state index in [0.717, 1.165) is 11.7 Å². The second-order valence-electron chi connectivity index (χ2n) is 5.98. The molecule has 0 saturated heterocycles. The molecule has 2 heteroatoms. The van der Waals surface area contributed by atoms with E-state index in [1.54, 1.807) is 7.11 Å². The van der Waals surface area contributed by atoms with E-state index in [-0.39, 0.29) is 5.54 Å². The Balaban J connectivity index is 2.22. The normalized spacial score (nSPS) is 27.6. The summed E-state index contributed by atoms with van der Waals surface area (Å²) >= 11 is 0. The van der Waals surface area contributed by atoms with Crippen LogP contribution in [0.25, 0.3) is 0 Å². The Bertz CT molecular complexity index is 400. The van der Waals surface area contributed by atoms with Crippen molar-refractivity contribution in [2.24, 2.45) is 17.6 Å². The summed E-state index contributed by atoms with van der Waals surface area (Å²) in [6.45, 7) is 4.51. The molecular weight excluding hydrogens is 222 g/mol. The zero-order valence-electron chi connectivity index (χ0n) is 11.8. The Hall–Kier alpha value is -1.02. The van der Waals surface area contributed by atoms with E-state index >= 15 is 0 Å².